The number of amides is 1. The third kappa shape index (κ3) is 9.60. The second-order valence-electron chi connectivity index (χ2n) is 14.0. The molecule has 5 rings (SSSR count). The molecular weight excluding hydrogens is 661 g/mol. The number of hydrogen-bond donors (Lipinski definition) is 1. The molecule has 5 atom stereocenters. The molecule has 0 bridgehead atoms. The quantitative estimate of drug-likeness (QED) is 0.132. The van der Waals surface area contributed by atoms with E-state index in [-0.39, 0.29) is 59.1 Å². The van der Waals surface area contributed by atoms with Crippen molar-refractivity contribution in [2.24, 2.45) is 11.8 Å². The number of nitrogens with zero attached hydrogens (tertiary/aromatic N) is 2. The Kier molecular flexibility index (Phi) is 12.3. The van der Waals surface area contributed by atoms with E-state index in [9.17, 15) is 27.9 Å². The van der Waals surface area contributed by atoms with Gasteiger partial charge in [-0.05, 0) is 72.9 Å². The van der Waals surface area contributed by atoms with E-state index in [2.05, 4.69) is 0 Å². The van der Waals surface area contributed by atoms with Crippen LogP contribution in [0.1, 0.15) is 82.9 Å². The molecule has 1 aliphatic heterocycles. The average molecular weight is 709 g/mol. The van der Waals surface area contributed by atoms with Gasteiger partial charge in [-0.15, -0.1) is 0 Å². The van der Waals surface area contributed by atoms with Gasteiger partial charge in [0.05, 0.1) is 24.0 Å². The van der Waals surface area contributed by atoms with Crippen LogP contribution in [-0.2, 0) is 27.8 Å². The van der Waals surface area contributed by atoms with Gasteiger partial charge in [-0.3, -0.25) is 18.7 Å². The molecule has 8 nitrogen and oxygen atoms in total. The summed E-state index contributed by atoms with van der Waals surface area (Å²) in [6, 6.07) is 33.5. The van der Waals surface area contributed by atoms with Crippen molar-refractivity contribution in [3.05, 3.63) is 137 Å². The summed E-state index contributed by atoms with van der Waals surface area (Å²) in [6.45, 7) is 4.41. The SMILES string of the molecule is C[C@@H](CC(=O)c1cc(C(=O)C[C@@H](Cc2ccccc2)[C@H](O)[C@@H]2CC[C@H](C)N(Cc3ccccc3)C2=O)cc(N(C)S(C)(=O)=O)c1)c1ccccc1. The maximum atomic E-state index is 14.2. The van der Waals surface area contributed by atoms with E-state index in [4.69, 9.17) is 0 Å². The van der Waals surface area contributed by atoms with Gasteiger partial charge in [0.1, 0.15) is 0 Å². The summed E-state index contributed by atoms with van der Waals surface area (Å²) in [4.78, 5) is 43.7. The summed E-state index contributed by atoms with van der Waals surface area (Å²) in [5.41, 5.74) is 3.54. The lowest BCUT2D eigenvalue weighted by atomic mass is 9.78. The number of aliphatic hydroxyl groups excluding tert-OH is 1. The Balaban J connectivity index is 1.44. The fourth-order valence-corrected chi connectivity index (χ4v) is 7.47. The Bertz CT molecular complexity index is 1920. The highest BCUT2D eigenvalue weighted by atomic mass is 32.2. The number of rotatable bonds is 15. The number of Topliss-reactive ketones (excluding diaryl/α,β-unsaturated/α-hetero) is 2. The second-order valence-corrected chi connectivity index (χ2v) is 16.0. The number of carbonyl (C=O) groups excluding carboxylic acids is 3. The van der Waals surface area contributed by atoms with Crippen LogP contribution in [0.5, 0.6) is 0 Å². The fraction of sp³-hybridized carbons (Fsp3) is 0.357. The molecule has 4 aromatic rings. The van der Waals surface area contributed by atoms with Gasteiger partial charge in [-0.2, -0.15) is 0 Å². The van der Waals surface area contributed by atoms with Crippen LogP contribution in [0, 0.1) is 11.8 Å². The van der Waals surface area contributed by atoms with Gasteiger partial charge in [-0.25, -0.2) is 8.42 Å². The maximum absolute atomic E-state index is 14.2. The minimum atomic E-state index is -3.71. The lowest BCUT2D eigenvalue weighted by molar-refractivity contribution is -0.148. The summed E-state index contributed by atoms with van der Waals surface area (Å²) in [6.07, 6.45) is 1.60. The van der Waals surface area contributed by atoms with Gasteiger partial charge in [0.15, 0.2) is 11.6 Å². The predicted molar refractivity (Wildman–Crippen MR) is 201 cm³/mol. The van der Waals surface area contributed by atoms with Gasteiger partial charge in [0, 0.05) is 43.6 Å². The van der Waals surface area contributed by atoms with E-state index in [1.165, 1.54) is 25.2 Å². The largest absolute Gasteiger partial charge is 0.392 e. The first-order valence-corrected chi connectivity index (χ1v) is 19.4. The first-order valence-electron chi connectivity index (χ1n) is 17.6. The Morgan fingerprint density at radius 3 is 1.92 bits per heavy atom. The normalized spacial score (nSPS) is 18.1. The molecule has 1 saturated heterocycles. The van der Waals surface area contributed by atoms with Gasteiger partial charge in [0.25, 0.3) is 0 Å². The third-order valence-electron chi connectivity index (χ3n) is 10.2. The number of ketones is 2. The molecule has 0 unspecified atom stereocenters. The van der Waals surface area contributed by atoms with E-state index in [1.807, 2.05) is 110 Å². The summed E-state index contributed by atoms with van der Waals surface area (Å²) >= 11 is 0. The van der Waals surface area contributed by atoms with Crippen LogP contribution in [0.15, 0.2) is 109 Å². The highest BCUT2D eigenvalue weighted by Gasteiger charge is 2.41. The molecular formula is C42H48N2O6S. The number of carbonyl (C=O) groups is 3. The lowest BCUT2D eigenvalue weighted by Crippen LogP contribution is -2.51. The summed E-state index contributed by atoms with van der Waals surface area (Å²) in [5.74, 6) is -2.10. The van der Waals surface area contributed by atoms with Crippen molar-refractivity contribution in [3.63, 3.8) is 0 Å². The minimum Gasteiger partial charge on any atom is -0.392 e. The number of hydrogen-bond acceptors (Lipinski definition) is 6. The van der Waals surface area contributed by atoms with Crippen molar-refractivity contribution < 1.29 is 27.9 Å². The maximum Gasteiger partial charge on any atom is 0.231 e. The summed E-state index contributed by atoms with van der Waals surface area (Å²) in [5, 5.41) is 12.0. The minimum absolute atomic E-state index is 0.00509. The van der Waals surface area contributed by atoms with Crippen molar-refractivity contribution in [3.8, 4) is 0 Å². The van der Waals surface area contributed by atoms with Crippen molar-refractivity contribution in [2.45, 2.75) is 70.6 Å². The standard InChI is InChI=1S/C42H48N2O6S/c1-29(33-18-12-7-13-19-33)22-39(45)34-24-35(26-37(25-34)43(3)51(4,49)50)40(46)27-36(23-31-14-8-5-9-15-31)41(47)38-21-20-30(2)44(42(38)48)28-32-16-10-6-11-17-32/h5-19,24-26,29-30,36,38,41,47H,20-23,27-28H2,1-4H3/t29-,30-,36+,38-,41-/m0/s1. The van der Waals surface area contributed by atoms with E-state index >= 15 is 0 Å². The van der Waals surface area contributed by atoms with Crippen LogP contribution < -0.4 is 4.31 Å². The first kappa shape index (κ1) is 37.7. The third-order valence-corrected chi connectivity index (χ3v) is 11.4. The number of anilines is 1. The van der Waals surface area contributed by atoms with Crippen LogP contribution in [0.25, 0.3) is 0 Å². The number of benzene rings is 4. The average Bonchev–Trinajstić information content (AvgIpc) is 3.13. The highest BCUT2D eigenvalue weighted by molar-refractivity contribution is 7.92. The van der Waals surface area contributed by atoms with Gasteiger partial charge < -0.3 is 10.0 Å². The van der Waals surface area contributed by atoms with Gasteiger partial charge in [-0.1, -0.05) is 97.9 Å². The number of likely N-dealkylation sites (tertiary alicyclic amines) is 1. The molecule has 51 heavy (non-hydrogen) atoms. The molecule has 4 aromatic carbocycles. The van der Waals surface area contributed by atoms with Crippen LogP contribution in [0.3, 0.4) is 0 Å². The molecule has 1 fully saturated rings. The smallest absolute Gasteiger partial charge is 0.231 e. The van der Waals surface area contributed by atoms with Crippen molar-refractivity contribution in [2.75, 3.05) is 17.6 Å². The Hall–Kier alpha value is -4.60. The molecule has 268 valence electrons. The summed E-state index contributed by atoms with van der Waals surface area (Å²) in [7, 11) is -2.32. The predicted octanol–water partition coefficient (Wildman–Crippen LogP) is 7.08. The van der Waals surface area contributed by atoms with Crippen LogP contribution in [0.4, 0.5) is 5.69 Å². The molecule has 0 saturated carbocycles. The zero-order chi connectivity index (χ0) is 36.7. The zero-order valence-electron chi connectivity index (χ0n) is 29.8. The van der Waals surface area contributed by atoms with Gasteiger partial charge >= 0.3 is 0 Å². The molecule has 1 amide bonds. The lowest BCUT2D eigenvalue weighted by Gasteiger charge is -2.41. The molecule has 9 heteroatoms. The first-order chi connectivity index (χ1) is 24.3. The monoisotopic (exact) mass is 708 g/mol. The fourth-order valence-electron chi connectivity index (χ4n) is 6.98. The molecule has 0 aromatic heterocycles. The number of aliphatic hydroxyl groups is 1. The van der Waals surface area contributed by atoms with Crippen molar-refractivity contribution >= 4 is 33.2 Å². The van der Waals surface area contributed by atoms with Crippen molar-refractivity contribution in [1.29, 1.82) is 0 Å². The highest BCUT2D eigenvalue weighted by Crippen LogP contribution is 2.34. The number of piperidine rings is 1. The topological polar surface area (TPSA) is 112 Å². The molecule has 0 aliphatic carbocycles. The van der Waals surface area contributed by atoms with Crippen LogP contribution in [-0.4, -0.2) is 61.3 Å². The Morgan fingerprint density at radius 2 is 1.35 bits per heavy atom. The zero-order valence-corrected chi connectivity index (χ0v) is 30.6. The number of sulfonamides is 1. The van der Waals surface area contributed by atoms with E-state index in [0.717, 1.165) is 33.7 Å². The van der Waals surface area contributed by atoms with Crippen LogP contribution >= 0.6 is 0 Å². The van der Waals surface area contributed by atoms with Crippen LogP contribution in [0.2, 0.25) is 0 Å². The van der Waals surface area contributed by atoms with Gasteiger partial charge in [0.2, 0.25) is 15.9 Å². The Labute approximate surface area is 302 Å². The molecule has 1 aliphatic rings. The molecule has 0 spiro atoms. The summed E-state index contributed by atoms with van der Waals surface area (Å²) < 4.78 is 26.2. The molecule has 1 heterocycles. The Morgan fingerprint density at radius 1 is 0.824 bits per heavy atom. The van der Waals surface area contributed by atoms with E-state index in [0.29, 0.717) is 19.4 Å². The molecule has 1 N–H and O–H groups in total. The second kappa shape index (κ2) is 16.6. The van der Waals surface area contributed by atoms with E-state index < -0.39 is 28.0 Å². The molecule has 0 radical (unpaired) electrons. The van der Waals surface area contributed by atoms with Crippen molar-refractivity contribution in [1.82, 2.24) is 4.90 Å². The van der Waals surface area contributed by atoms with E-state index in [1.54, 1.807) is 0 Å².